The van der Waals surface area contributed by atoms with Crippen molar-refractivity contribution in [2.75, 3.05) is 0 Å². The lowest BCUT2D eigenvalue weighted by atomic mass is 9.89. The van der Waals surface area contributed by atoms with Gasteiger partial charge in [0.05, 0.1) is 5.52 Å². The van der Waals surface area contributed by atoms with Gasteiger partial charge in [-0.15, -0.1) is 0 Å². The van der Waals surface area contributed by atoms with Crippen molar-refractivity contribution in [3.8, 4) is 0 Å². The van der Waals surface area contributed by atoms with Crippen LogP contribution in [0.1, 0.15) is 61.3 Å². The molecule has 1 fully saturated rings. The summed E-state index contributed by atoms with van der Waals surface area (Å²) in [7, 11) is 0. The Morgan fingerprint density at radius 2 is 1.80 bits per heavy atom. The Bertz CT molecular complexity index is 707. The Balaban J connectivity index is 1.94. The van der Waals surface area contributed by atoms with Crippen molar-refractivity contribution >= 4 is 10.9 Å². The number of rotatable bonds is 1. The van der Waals surface area contributed by atoms with Gasteiger partial charge in [0.1, 0.15) is 0 Å². The number of benzene rings is 1. The van der Waals surface area contributed by atoms with Gasteiger partial charge in [-0.2, -0.15) is 0 Å². The molecule has 0 atom stereocenters. The van der Waals surface area contributed by atoms with Crippen LogP contribution in [0.3, 0.4) is 0 Å². The van der Waals surface area contributed by atoms with Gasteiger partial charge in [0.25, 0.3) is 0 Å². The van der Waals surface area contributed by atoms with Gasteiger partial charge in [0.15, 0.2) is 5.43 Å². The number of hydrogen-bond acceptors (Lipinski definition) is 1. The zero-order valence-corrected chi connectivity index (χ0v) is 11.9. The van der Waals surface area contributed by atoms with Gasteiger partial charge in [-0.25, -0.2) is 0 Å². The highest BCUT2D eigenvalue weighted by atomic mass is 16.1. The quantitative estimate of drug-likeness (QED) is 0.830. The third kappa shape index (κ3) is 1.90. The predicted molar refractivity (Wildman–Crippen MR) is 82.4 cm³/mol. The number of pyridine rings is 1. The molecule has 1 N–H and O–H groups in total. The van der Waals surface area contributed by atoms with E-state index in [4.69, 9.17) is 0 Å². The fourth-order valence-electron chi connectivity index (χ4n) is 4.03. The molecule has 2 nitrogen and oxygen atoms in total. The van der Waals surface area contributed by atoms with Gasteiger partial charge in [0, 0.05) is 17.1 Å². The third-order valence-corrected chi connectivity index (χ3v) is 5.15. The van der Waals surface area contributed by atoms with Gasteiger partial charge >= 0.3 is 0 Å². The molecular weight excluding hydrogens is 246 g/mol. The first-order valence-electron chi connectivity index (χ1n) is 8.00. The summed E-state index contributed by atoms with van der Waals surface area (Å²) in [6.07, 6.45) is 9.90. The van der Waals surface area contributed by atoms with Crippen LogP contribution < -0.4 is 5.43 Å². The average Bonchev–Trinajstić information content (AvgIpc) is 3.01. The first-order chi connectivity index (χ1) is 9.83. The number of aromatic nitrogens is 1. The molecule has 0 unspecified atom stereocenters. The van der Waals surface area contributed by atoms with Crippen LogP contribution in [0, 0.1) is 0 Å². The van der Waals surface area contributed by atoms with E-state index in [1.165, 1.54) is 61.8 Å². The average molecular weight is 267 g/mol. The first kappa shape index (κ1) is 12.2. The van der Waals surface area contributed by atoms with Crippen molar-refractivity contribution in [2.24, 2.45) is 0 Å². The van der Waals surface area contributed by atoms with Gasteiger partial charge in [-0.3, -0.25) is 4.79 Å². The Kier molecular flexibility index (Phi) is 2.90. The summed E-state index contributed by atoms with van der Waals surface area (Å²) in [6, 6.07) is 6.05. The van der Waals surface area contributed by atoms with Crippen LogP contribution in [-0.2, 0) is 12.8 Å². The van der Waals surface area contributed by atoms with E-state index in [1.54, 1.807) is 0 Å². The molecule has 1 saturated carbocycles. The summed E-state index contributed by atoms with van der Waals surface area (Å²) >= 11 is 0. The van der Waals surface area contributed by atoms with E-state index >= 15 is 0 Å². The topological polar surface area (TPSA) is 32.9 Å². The molecule has 1 heterocycles. The van der Waals surface area contributed by atoms with Gasteiger partial charge in [-0.1, -0.05) is 18.9 Å². The highest BCUT2D eigenvalue weighted by Gasteiger charge is 2.20. The highest BCUT2D eigenvalue weighted by molar-refractivity contribution is 5.83. The number of hydrogen-bond donors (Lipinski definition) is 1. The number of nitrogens with one attached hydrogen (secondary N) is 1. The fraction of sp³-hybridized carbons (Fsp3) is 0.500. The third-order valence-electron chi connectivity index (χ3n) is 5.15. The van der Waals surface area contributed by atoms with E-state index < -0.39 is 0 Å². The van der Waals surface area contributed by atoms with E-state index in [-0.39, 0.29) is 5.43 Å². The molecule has 2 aliphatic rings. The van der Waals surface area contributed by atoms with Crippen molar-refractivity contribution in [2.45, 2.75) is 57.3 Å². The Labute approximate surface area is 119 Å². The van der Waals surface area contributed by atoms with Crippen LogP contribution in [0.25, 0.3) is 10.9 Å². The van der Waals surface area contributed by atoms with E-state index in [1.807, 2.05) is 12.1 Å². The largest absolute Gasteiger partial charge is 0.358 e. The minimum absolute atomic E-state index is 0.203. The zero-order valence-electron chi connectivity index (χ0n) is 11.9. The summed E-state index contributed by atoms with van der Waals surface area (Å²) in [4.78, 5) is 16.1. The number of aromatic amines is 1. The Morgan fingerprint density at radius 3 is 2.65 bits per heavy atom. The molecule has 2 aliphatic carbocycles. The normalized spacial score (nSPS) is 19.4. The maximum absolute atomic E-state index is 12.4. The van der Waals surface area contributed by atoms with E-state index in [2.05, 4.69) is 11.1 Å². The van der Waals surface area contributed by atoms with E-state index in [0.717, 1.165) is 17.3 Å². The van der Waals surface area contributed by atoms with Crippen molar-refractivity contribution in [3.63, 3.8) is 0 Å². The van der Waals surface area contributed by atoms with Crippen molar-refractivity contribution in [1.82, 2.24) is 4.98 Å². The lowest BCUT2D eigenvalue weighted by Gasteiger charge is -2.19. The second-order valence-electron chi connectivity index (χ2n) is 6.40. The number of H-pyrrole nitrogens is 1. The summed E-state index contributed by atoms with van der Waals surface area (Å²) in [6.45, 7) is 0. The van der Waals surface area contributed by atoms with Crippen molar-refractivity contribution < 1.29 is 0 Å². The van der Waals surface area contributed by atoms with Gasteiger partial charge in [-0.05, 0) is 61.6 Å². The summed E-state index contributed by atoms with van der Waals surface area (Å²) in [5.41, 5.74) is 5.37. The molecule has 0 saturated heterocycles. The summed E-state index contributed by atoms with van der Waals surface area (Å²) in [5.74, 6) is 0.576. The second-order valence-corrected chi connectivity index (χ2v) is 6.40. The fourth-order valence-corrected chi connectivity index (χ4v) is 4.03. The molecule has 4 rings (SSSR count). The van der Waals surface area contributed by atoms with Crippen LogP contribution >= 0.6 is 0 Å². The van der Waals surface area contributed by atoms with Crippen molar-refractivity contribution in [3.05, 3.63) is 45.2 Å². The molecule has 0 amide bonds. The molecule has 104 valence electrons. The molecule has 2 heteroatoms. The van der Waals surface area contributed by atoms with Crippen LogP contribution in [0.5, 0.6) is 0 Å². The molecule has 0 radical (unpaired) electrons. The molecule has 0 spiro atoms. The Morgan fingerprint density at radius 1 is 1.00 bits per heavy atom. The molecule has 0 bridgehead atoms. The Hall–Kier alpha value is -1.57. The molecule has 1 aromatic carbocycles. The maximum Gasteiger partial charge on any atom is 0.189 e. The minimum atomic E-state index is 0.203. The van der Waals surface area contributed by atoms with Crippen molar-refractivity contribution in [1.29, 1.82) is 0 Å². The standard InChI is InChI=1S/C18H21NO/c20-17-11-16(13-6-1-2-7-13)19-18-14-8-4-3-5-12(14)9-10-15(17)18/h9-11,13H,1-8H2,(H,19,20). The SMILES string of the molecule is O=c1cc(C2CCCC2)[nH]c2c3c(ccc12)CCCC3. The monoisotopic (exact) mass is 267 g/mol. The van der Waals surface area contributed by atoms with Gasteiger partial charge in [0.2, 0.25) is 0 Å². The smallest absolute Gasteiger partial charge is 0.189 e. The molecule has 0 aliphatic heterocycles. The first-order valence-corrected chi connectivity index (χ1v) is 8.00. The van der Waals surface area contributed by atoms with Gasteiger partial charge < -0.3 is 4.98 Å². The maximum atomic E-state index is 12.4. The highest BCUT2D eigenvalue weighted by Crippen LogP contribution is 2.34. The molecule has 2 aromatic rings. The van der Waals surface area contributed by atoms with E-state index in [9.17, 15) is 4.79 Å². The second kappa shape index (κ2) is 4.76. The summed E-state index contributed by atoms with van der Waals surface area (Å²) in [5, 5.41) is 0.882. The summed E-state index contributed by atoms with van der Waals surface area (Å²) < 4.78 is 0. The van der Waals surface area contributed by atoms with E-state index in [0.29, 0.717) is 5.92 Å². The van der Waals surface area contributed by atoms with Crippen LogP contribution in [0.2, 0.25) is 0 Å². The lowest BCUT2D eigenvalue weighted by Crippen LogP contribution is -2.12. The zero-order chi connectivity index (χ0) is 13.5. The van der Waals surface area contributed by atoms with Crippen LogP contribution in [0.4, 0.5) is 0 Å². The predicted octanol–water partition coefficient (Wildman–Crippen LogP) is 4.06. The number of aryl methyl sites for hydroxylation is 2. The van der Waals surface area contributed by atoms with Crippen LogP contribution in [0.15, 0.2) is 23.0 Å². The lowest BCUT2D eigenvalue weighted by molar-refractivity contribution is 0.683. The minimum Gasteiger partial charge on any atom is -0.358 e. The molecule has 20 heavy (non-hydrogen) atoms. The molecular formula is C18H21NO. The molecule has 1 aromatic heterocycles. The number of fused-ring (bicyclic) bond motifs is 3. The van der Waals surface area contributed by atoms with Crippen LogP contribution in [-0.4, -0.2) is 4.98 Å².